The maximum Gasteiger partial charge on any atom is 0.319 e. The van der Waals surface area contributed by atoms with Crippen molar-refractivity contribution in [3.63, 3.8) is 0 Å². The van der Waals surface area contributed by atoms with E-state index in [9.17, 15) is 14.7 Å². The van der Waals surface area contributed by atoms with Crippen LogP contribution in [0.25, 0.3) is 0 Å². The number of hydrogen-bond donors (Lipinski definition) is 3. The minimum absolute atomic E-state index is 0.125. The van der Waals surface area contributed by atoms with Crippen molar-refractivity contribution in [2.45, 2.75) is 25.7 Å². The molecule has 1 aromatic rings. The Labute approximate surface area is 136 Å². The van der Waals surface area contributed by atoms with E-state index in [-0.39, 0.29) is 6.54 Å². The summed E-state index contributed by atoms with van der Waals surface area (Å²) < 4.78 is 0.792. The third-order valence-corrected chi connectivity index (χ3v) is 4.60. The van der Waals surface area contributed by atoms with E-state index in [4.69, 9.17) is 11.6 Å². The molecule has 5 nitrogen and oxygen atoms in total. The molecule has 2 rings (SSSR count). The highest BCUT2D eigenvalue weighted by molar-refractivity contribution is 9.10. The molecule has 3 N–H and O–H groups in total. The van der Waals surface area contributed by atoms with Crippen LogP contribution in [0.5, 0.6) is 0 Å². The maximum atomic E-state index is 11.9. The lowest BCUT2D eigenvalue weighted by Gasteiger charge is -2.24. The lowest BCUT2D eigenvalue weighted by molar-refractivity contribution is -0.148. The second-order valence-electron chi connectivity index (χ2n) is 5.22. The predicted molar refractivity (Wildman–Crippen MR) is 84.7 cm³/mol. The molecule has 1 saturated carbocycles. The van der Waals surface area contributed by atoms with Crippen LogP contribution >= 0.6 is 27.5 Å². The molecule has 21 heavy (non-hydrogen) atoms. The van der Waals surface area contributed by atoms with Gasteiger partial charge in [0.05, 0.1) is 16.1 Å². The zero-order chi connectivity index (χ0) is 15.5. The summed E-state index contributed by atoms with van der Waals surface area (Å²) in [6, 6.07) is 4.66. The van der Waals surface area contributed by atoms with Crippen molar-refractivity contribution >= 4 is 45.2 Å². The topological polar surface area (TPSA) is 78.4 Å². The molecule has 7 heteroatoms. The van der Waals surface area contributed by atoms with Crippen LogP contribution in [0.4, 0.5) is 10.5 Å². The van der Waals surface area contributed by atoms with Crippen molar-refractivity contribution < 1.29 is 14.7 Å². The van der Waals surface area contributed by atoms with Gasteiger partial charge in [-0.15, -0.1) is 0 Å². The van der Waals surface area contributed by atoms with Gasteiger partial charge in [0.2, 0.25) is 0 Å². The second-order valence-corrected chi connectivity index (χ2v) is 6.55. The van der Waals surface area contributed by atoms with Crippen LogP contribution in [-0.2, 0) is 4.79 Å². The van der Waals surface area contributed by atoms with Crippen molar-refractivity contribution in [1.29, 1.82) is 0 Å². The third-order valence-electron chi connectivity index (χ3n) is 3.78. The monoisotopic (exact) mass is 374 g/mol. The van der Waals surface area contributed by atoms with E-state index in [0.29, 0.717) is 23.6 Å². The quantitative estimate of drug-likeness (QED) is 0.747. The molecule has 1 aromatic carbocycles. The minimum Gasteiger partial charge on any atom is -0.481 e. The first kappa shape index (κ1) is 16.1. The number of hydrogen-bond acceptors (Lipinski definition) is 2. The summed E-state index contributed by atoms with van der Waals surface area (Å²) in [5, 5.41) is 15.0. The van der Waals surface area contributed by atoms with Crippen LogP contribution in [-0.4, -0.2) is 23.7 Å². The van der Waals surface area contributed by atoms with Gasteiger partial charge in [-0.25, -0.2) is 4.79 Å². The summed E-state index contributed by atoms with van der Waals surface area (Å²) in [5.41, 5.74) is -0.363. The Kier molecular flexibility index (Phi) is 5.11. The Balaban J connectivity index is 1.96. The van der Waals surface area contributed by atoms with Crippen molar-refractivity contribution in [2.75, 3.05) is 11.9 Å². The van der Waals surface area contributed by atoms with Gasteiger partial charge in [-0.2, -0.15) is 0 Å². The molecule has 1 aliphatic carbocycles. The largest absolute Gasteiger partial charge is 0.481 e. The molecule has 0 spiro atoms. The Bertz CT molecular complexity index is 559. The zero-order valence-corrected chi connectivity index (χ0v) is 13.6. The second kappa shape index (κ2) is 6.66. The van der Waals surface area contributed by atoms with E-state index < -0.39 is 17.4 Å². The standard InChI is InChI=1S/C14H16BrClN2O3/c15-9-3-4-10(16)11(7-9)18-13(21)17-8-14(12(19)20)5-1-2-6-14/h3-4,7H,1-2,5-6,8H2,(H,19,20)(H2,17,18,21). The molecule has 0 aliphatic heterocycles. The number of anilines is 1. The van der Waals surface area contributed by atoms with Gasteiger partial charge in [-0.05, 0) is 31.0 Å². The molecule has 0 aromatic heterocycles. The maximum absolute atomic E-state index is 11.9. The first-order chi connectivity index (χ1) is 9.93. The number of carboxylic acids is 1. The van der Waals surface area contributed by atoms with Crippen molar-refractivity contribution in [3.8, 4) is 0 Å². The first-order valence-corrected chi connectivity index (χ1v) is 7.83. The van der Waals surface area contributed by atoms with Crippen molar-refractivity contribution in [1.82, 2.24) is 5.32 Å². The Hall–Kier alpha value is -1.27. The number of halogens is 2. The summed E-state index contributed by atoms with van der Waals surface area (Å²) in [6.07, 6.45) is 2.96. The average Bonchev–Trinajstić information content (AvgIpc) is 2.91. The van der Waals surface area contributed by atoms with Gasteiger partial charge < -0.3 is 15.7 Å². The molecule has 0 saturated heterocycles. The van der Waals surface area contributed by atoms with Crippen LogP contribution in [0, 0.1) is 5.41 Å². The smallest absolute Gasteiger partial charge is 0.319 e. The zero-order valence-electron chi connectivity index (χ0n) is 11.3. The molecule has 0 bridgehead atoms. The van der Waals surface area contributed by atoms with Gasteiger partial charge in [0.15, 0.2) is 0 Å². The van der Waals surface area contributed by atoms with E-state index in [0.717, 1.165) is 17.3 Å². The number of nitrogens with one attached hydrogen (secondary N) is 2. The number of carbonyl (C=O) groups is 2. The van der Waals surface area contributed by atoms with Crippen molar-refractivity contribution in [3.05, 3.63) is 27.7 Å². The van der Waals surface area contributed by atoms with Gasteiger partial charge in [0.25, 0.3) is 0 Å². The fourth-order valence-corrected chi connectivity index (χ4v) is 3.05. The number of urea groups is 1. The highest BCUT2D eigenvalue weighted by Crippen LogP contribution is 2.37. The SMILES string of the molecule is O=C(NCC1(C(=O)O)CCCC1)Nc1cc(Br)ccc1Cl. The average molecular weight is 376 g/mol. The van der Waals surface area contributed by atoms with E-state index in [1.54, 1.807) is 18.2 Å². The van der Waals surface area contributed by atoms with E-state index in [1.807, 2.05) is 0 Å². The predicted octanol–water partition coefficient (Wildman–Crippen LogP) is 3.87. The highest BCUT2D eigenvalue weighted by atomic mass is 79.9. The molecule has 0 radical (unpaired) electrons. The van der Waals surface area contributed by atoms with Gasteiger partial charge in [0.1, 0.15) is 0 Å². The van der Waals surface area contributed by atoms with Crippen LogP contribution in [0.3, 0.4) is 0 Å². The Morgan fingerprint density at radius 1 is 1.33 bits per heavy atom. The van der Waals surface area contributed by atoms with E-state index in [1.165, 1.54) is 0 Å². The summed E-state index contributed by atoms with van der Waals surface area (Å²) in [4.78, 5) is 23.3. The Morgan fingerprint density at radius 3 is 2.62 bits per heavy atom. The number of amides is 2. The molecule has 2 amide bonds. The fourth-order valence-electron chi connectivity index (χ4n) is 2.53. The number of carbonyl (C=O) groups excluding carboxylic acids is 1. The van der Waals surface area contributed by atoms with Gasteiger partial charge in [0, 0.05) is 11.0 Å². The van der Waals surface area contributed by atoms with Crippen LogP contribution < -0.4 is 10.6 Å². The van der Waals surface area contributed by atoms with Crippen LogP contribution in [0.15, 0.2) is 22.7 Å². The Morgan fingerprint density at radius 2 is 2.00 bits per heavy atom. The van der Waals surface area contributed by atoms with Crippen LogP contribution in [0.2, 0.25) is 5.02 Å². The molecule has 0 atom stereocenters. The highest BCUT2D eigenvalue weighted by Gasteiger charge is 2.41. The lowest BCUT2D eigenvalue weighted by Crippen LogP contribution is -2.42. The molecular formula is C14H16BrClN2O3. The minimum atomic E-state index is -0.846. The van der Waals surface area contributed by atoms with E-state index >= 15 is 0 Å². The molecule has 1 fully saturated rings. The molecular weight excluding hydrogens is 360 g/mol. The summed E-state index contributed by atoms with van der Waals surface area (Å²) >= 11 is 9.29. The van der Waals surface area contributed by atoms with Gasteiger partial charge in [-0.3, -0.25) is 4.79 Å². The molecule has 114 valence electrons. The first-order valence-electron chi connectivity index (χ1n) is 6.66. The van der Waals surface area contributed by atoms with Gasteiger partial charge >= 0.3 is 12.0 Å². The molecule has 0 heterocycles. The summed E-state index contributed by atoms with van der Waals surface area (Å²) in [7, 11) is 0. The summed E-state index contributed by atoms with van der Waals surface area (Å²) in [5.74, 6) is -0.846. The fraction of sp³-hybridized carbons (Fsp3) is 0.429. The van der Waals surface area contributed by atoms with Crippen LogP contribution in [0.1, 0.15) is 25.7 Å². The van der Waals surface area contributed by atoms with E-state index in [2.05, 4.69) is 26.6 Å². The number of benzene rings is 1. The summed E-state index contributed by atoms with van der Waals surface area (Å²) in [6.45, 7) is 0.125. The van der Waals surface area contributed by atoms with Crippen molar-refractivity contribution in [2.24, 2.45) is 5.41 Å². The lowest BCUT2D eigenvalue weighted by atomic mass is 9.86. The molecule has 1 aliphatic rings. The molecule has 0 unspecified atom stereocenters. The third kappa shape index (κ3) is 3.89. The number of aliphatic carboxylic acids is 1. The number of carboxylic acid groups (broad SMARTS) is 1. The number of rotatable bonds is 4. The van der Waals surface area contributed by atoms with Gasteiger partial charge in [-0.1, -0.05) is 40.4 Å². The normalized spacial score (nSPS) is 16.5.